The summed E-state index contributed by atoms with van der Waals surface area (Å²) in [5.41, 5.74) is 1.41. The molecular weight excluding hydrogens is 296 g/mol. The Hall–Kier alpha value is -2.89. The molecule has 0 aliphatic rings. The number of hydrogen-bond donors (Lipinski definition) is 1. The lowest BCUT2D eigenvalue weighted by Crippen LogP contribution is -2.30. The van der Waals surface area contributed by atoms with E-state index in [2.05, 4.69) is 5.32 Å². The first kappa shape index (κ1) is 16.5. The first-order valence-corrected chi connectivity index (χ1v) is 7.30. The van der Waals surface area contributed by atoms with Crippen molar-refractivity contribution in [2.24, 2.45) is 0 Å². The minimum absolute atomic E-state index is 0.0768. The van der Waals surface area contributed by atoms with Crippen LogP contribution in [-0.2, 0) is 11.2 Å². The topological polar surface area (TPSA) is 81.5 Å². The first-order chi connectivity index (χ1) is 11.0. The molecule has 1 amide bonds. The lowest BCUT2D eigenvalue weighted by Gasteiger charge is -2.15. The third kappa shape index (κ3) is 4.54. The number of nitrogens with one attached hydrogen (secondary N) is 1. The Labute approximate surface area is 134 Å². The molecule has 120 valence electrons. The number of nitro groups is 1. The van der Waals surface area contributed by atoms with Crippen molar-refractivity contribution in [2.45, 2.75) is 26.4 Å². The number of benzene rings is 2. The normalized spacial score (nSPS) is 11.6. The zero-order valence-electron chi connectivity index (χ0n) is 13.0. The van der Waals surface area contributed by atoms with Gasteiger partial charge in [-0.1, -0.05) is 25.1 Å². The van der Waals surface area contributed by atoms with Gasteiger partial charge in [-0.05, 0) is 37.1 Å². The molecule has 0 saturated heterocycles. The second kappa shape index (κ2) is 7.40. The predicted octanol–water partition coefficient (Wildman–Crippen LogP) is 3.56. The fraction of sp³-hybridized carbons (Fsp3) is 0.235. The number of anilines is 1. The van der Waals surface area contributed by atoms with Crippen LogP contribution >= 0.6 is 0 Å². The first-order valence-electron chi connectivity index (χ1n) is 7.30. The number of aryl methyl sites for hydroxylation is 1. The number of ether oxygens (including phenoxy) is 1. The van der Waals surface area contributed by atoms with Crippen LogP contribution in [0.25, 0.3) is 0 Å². The summed E-state index contributed by atoms with van der Waals surface area (Å²) >= 11 is 0. The number of amides is 1. The molecule has 0 spiro atoms. The summed E-state index contributed by atoms with van der Waals surface area (Å²) < 4.78 is 5.62. The van der Waals surface area contributed by atoms with Crippen molar-refractivity contribution in [1.82, 2.24) is 0 Å². The Morgan fingerprint density at radius 2 is 2.00 bits per heavy atom. The van der Waals surface area contributed by atoms with E-state index >= 15 is 0 Å². The molecule has 0 aliphatic heterocycles. The Morgan fingerprint density at radius 3 is 2.70 bits per heavy atom. The van der Waals surface area contributed by atoms with E-state index < -0.39 is 11.0 Å². The average Bonchev–Trinajstić information content (AvgIpc) is 2.55. The van der Waals surface area contributed by atoms with Gasteiger partial charge in [-0.25, -0.2) is 0 Å². The number of rotatable bonds is 6. The molecule has 2 aromatic rings. The molecule has 0 aliphatic carbocycles. The third-order valence-electron chi connectivity index (χ3n) is 3.31. The zero-order valence-corrected chi connectivity index (χ0v) is 13.0. The van der Waals surface area contributed by atoms with E-state index in [9.17, 15) is 14.9 Å². The van der Waals surface area contributed by atoms with Crippen molar-refractivity contribution in [1.29, 1.82) is 0 Å². The van der Waals surface area contributed by atoms with Crippen LogP contribution in [0, 0.1) is 10.1 Å². The monoisotopic (exact) mass is 314 g/mol. The summed E-state index contributed by atoms with van der Waals surface area (Å²) in [7, 11) is 0. The molecule has 1 atom stereocenters. The van der Waals surface area contributed by atoms with Gasteiger partial charge in [0, 0.05) is 17.8 Å². The molecule has 2 rings (SSSR count). The van der Waals surface area contributed by atoms with Gasteiger partial charge in [0.15, 0.2) is 6.10 Å². The van der Waals surface area contributed by atoms with Gasteiger partial charge in [0.25, 0.3) is 11.6 Å². The average molecular weight is 314 g/mol. The van der Waals surface area contributed by atoms with Gasteiger partial charge in [-0.3, -0.25) is 14.9 Å². The van der Waals surface area contributed by atoms with Crippen molar-refractivity contribution in [3.8, 4) is 5.75 Å². The molecule has 0 aromatic heterocycles. The minimum Gasteiger partial charge on any atom is -0.481 e. The summed E-state index contributed by atoms with van der Waals surface area (Å²) in [6.45, 7) is 3.67. The standard InChI is InChI=1S/C17H18N2O4/c1-3-13-6-4-9-16(10-13)23-12(2)17(20)18-14-7-5-8-15(11-14)19(21)22/h4-12H,3H2,1-2H3,(H,18,20). The largest absolute Gasteiger partial charge is 0.481 e. The number of carbonyl (C=O) groups is 1. The Bertz CT molecular complexity index is 715. The van der Waals surface area contributed by atoms with Crippen LogP contribution in [0.2, 0.25) is 0 Å². The van der Waals surface area contributed by atoms with Gasteiger partial charge in [0.05, 0.1) is 4.92 Å². The van der Waals surface area contributed by atoms with E-state index in [1.807, 2.05) is 25.1 Å². The van der Waals surface area contributed by atoms with Crippen LogP contribution in [0.4, 0.5) is 11.4 Å². The van der Waals surface area contributed by atoms with Crippen LogP contribution in [0.3, 0.4) is 0 Å². The molecule has 6 heteroatoms. The predicted molar refractivity (Wildman–Crippen MR) is 87.6 cm³/mol. The molecule has 2 aromatic carbocycles. The SMILES string of the molecule is CCc1cccc(OC(C)C(=O)Nc2cccc([N+](=O)[O-])c2)c1. The van der Waals surface area contributed by atoms with E-state index in [0.29, 0.717) is 11.4 Å². The molecule has 0 radical (unpaired) electrons. The third-order valence-corrected chi connectivity index (χ3v) is 3.31. The Morgan fingerprint density at radius 1 is 1.26 bits per heavy atom. The highest BCUT2D eigenvalue weighted by atomic mass is 16.6. The van der Waals surface area contributed by atoms with Crippen molar-refractivity contribution in [2.75, 3.05) is 5.32 Å². The molecule has 6 nitrogen and oxygen atoms in total. The van der Waals surface area contributed by atoms with Crippen molar-refractivity contribution >= 4 is 17.3 Å². The highest BCUT2D eigenvalue weighted by Gasteiger charge is 2.16. The number of nitro benzene ring substituents is 1. The van der Waals surface area contributed by atoms with E-state index in [0.717, 1.165) is 12.0 Å². The Kier molecular flexibility index (Phi) is 5.30. The van der Waals surface area contributed by atoms with Crippen LogP contribution in [-0.4, -0.2) is 16.9 Å². The maximum Gasteiger partial charge on any atom is 0.271 e. The van der Waals surface area contributed by atoms with Gasteiger partial charge in [0.1, 0.15) is 5.75 Å². The second-order valence-electron chi connectivity index (χ2n) is 5.06. The summed E-state index contributed by atoms with van der Waals surface area (Å²) in [6.07, 6.45) is 0.159. The van der Waals surface area contributed by atoms with Gasteiger partial charge >= 0.3 is 0 Å². The molecular formula is C17H18N2O4. The van der Waals surface area contributed by atoms with Gasteiger partial charge in [-0.2, -0.15) is 0 Å². The van der Waals surface area contributed by atoms with Gasteiger partial charge < -0.3 is 10.1 Å². The van der Waals surface area contributed by atoms with Crippen LogP contribution in [0.1, 0.15) is 19.4 Å². The fourth-order valence-corrected chi connectivity index (χ4v) is 2.04. The maximum absolute atomic E-state index is 12.1. The van der Waals surface area contributed by atoms with E-state index in [1.165, 1.54) is 18.2 Å². The second-order valence-corrected chi connectivity index (χ2v) is 5.06. The number of nitrogens with zero attached hydrogens (tertiary/aromatic N) is 1. The van der Waals surface area contributed by atoms with Gasteiger partial charge in [0.2, 0.25) is 0 Å². The van der Waals surface area contributed by atoms with Crippen molar-refractivity contribution < 1.29 is 14.5 Å². The molecule has 0 saturated carbocycles. The number of carbonyl (C=O) groups excluding carboxylic acids is 1. The van der Waals surface area contributed by atoms with E-state index in [-0.39, 0.29) is 11.6 Å². The molecule has 23 heavy (non-hydrogen) atoms. The summed E-state index contributed by atoms with van der Waals surface area (Å²) in [4.78, 5) is 22.4. The van der Waals surface area contributed by atoms with Crippen molar-refractivity contribution in [3.63, 3.8) is 0 Å². The molecule has 1 unspecified atom stereocenters. The highest BCUT2D eigenvalue weighted by Crippen LogP contribution is 2.19. The minimum atomic E-state index is -0.721. The molecule has 0 fully saturated rings. The summed E-state index contributed by atoms with van der Waals surface area (Å²) in [5.74, 6) is 0.249. The number of hydrogen-bond acceptors (Lipinski definition) is 4. The fourth-order valence-electron chi connectivity index (χ4n) is 2.04. The van der Waals surface area contributed by atoms with Crippen molar-refractivity contribution in [3.05, 3.63) is 64.2 Å². The molecule has 0 heterocycles. The van der Waals surface area contributed by atoms with Gasteiger partial charge in [-0.15, -0.1) is 0 Å². The number of non-ortho nitro benzene ring substituents is 1. The smallest absolute Gasteiger partial charge is 0.271 e. The van der Waals surface area contributed by atoms with Crippen LogP contribution < -0.4 is 10.1 Å². The Balaban J connectivity index is 2.02. The highest BCUT2D eigenvalue weighted by molar-refractivity contribution is 5.94. The lowest BCUT2D eigenvalue weighted by atomic mass is 10.2. The van der Waals surface area contributed by atoms with E-state index in [1.54, 1.807) is 19.1 Å². The molecule has 1 N–H and O–H groups in total. The summed E-state index contributed by atoms with van der Waals surface area (Å²) in [6, 6.07) is 13.3. The quantitative estimate of drug-likeness (QED) is 0.653. The summed E-state index contributed by atoms with van der Waals surface area (Å²) in [5, 5.41) is 13.4. The maximum atomic E-state index is 12.1. The lowest BCUT2D eigenvalue weighted by molar-refractivity contribution is -0.384. The molecule has 0 bridgehead atoms. The van der Waals surface area contributed by atoms with E-state index in [4.69, 9.17) is 4.74 Å². The zero-order chi connectivity index (χ0) is 16.8. The van der Waals surface area contributed by atoms with Crippen LogP contribution in [0.15, 0.2) is 48.5 Å². The van der Waals surface area contributed by atoms with Crippen LogP contribution in [0.5, 0.6) is 5.75 Å².